The molecule has 0 spiro atoms. The van der Waals surface area contributed by atoms with E-state index < -0.39 is 0 Å². The number of nitrogens with one attached hydrogen (secondary N) is 1. The van der Waals surface area contributed by atoms with Crippen LogP contribution in [0.5, 0.6) is 0 Å². The summed E-state index contributed by atoms with van der Waals surface area (Å²) in [4.78, 5) is 0. The van der Waals surface area contributed by atoms with E-state index in [-0.39, 0.29) is 0 Å². The van der Waals surface area contributed by atoms with Gasteiger partial charge in [-0.05, 0) is 28.7 Å². The summed E-state index contributed by atoms with van der Waals surface area (Å²) >= 11 is 0. The van der Waals surface area contributed by atoms with Crippen LogP contribution in [-0.2, 0) is 0 Å². The van der Waals surface area contributed by atoms with Crippen LogP contribution in [0.3, 0.4) is 0 Å². The van der Waals surface area contributed by atoms with Crippen molar-refractivity contribution in [2.24, 2.45) is 0 Å². The molecule has 0 aromatic heterocycles. The molecule has 1 heteroatoms. The maximum absolute atomic E-state index is 3.65. The minimum Gasteiger partial charge on any atom is -0.355 e. The second kappa shape index (κ2) is 7.06. The molecular weight excluding hydrogens is 302 g/mol. The van der Waals surface area contributed by atoms with Crippen LogP contribution < -0.4 is 5.32 Å². The van der Waals surface area contributed by atoms with Crippen LogP contribution in [0.4, 0.5) is 5.69 Å². The van der Waals surface area contributed by atoms with E-state index in [4.69, 9.17) is 0 Å². The van der Waals surface area contributed by atoms with Gasteiger partial charge in [-0.25, -0.2) is 0 Å². The molecule has 0 radical (unpaired) electrons. The standard InChI is InChI=1S/C24H19N/c1-3-10-19(11-4-1)18-24(21-13-5-2-6-14-21)25-23-17-9-15-20-12-7-8-16-22(20)23/h1-18,25H. The summed E-state index contributed by atoms with van der Waals surface area (Å²) < 4.78 is 0. The Morgan fingerprint density at radius 2 is 1.24 bits per heavy atom. The number of rotatable bonds is 4. The summed E-state index contributed by atoms with van der Waals surface area (Å²) in [7, 11) is 0. The molecule has 4 aromatic rings. The molecule has 25 heavy (non-hydrogen) atoms. The van der Waals surface area contributed by atoms with Crippen molar-refractivity contribution in [3.05, 3.63) is 114 Å². The quantitative estimate of drug-likeness (QED) is 0.426. The third-order valence-corrected chi connectivity index (χ3v) is 4.25. The number of anilines is 1. The Labute approximate surface area is 148 Å². The van der Waals surface area contributed by atoms with E-state index in [0.717, 1.165) is 11.4 Å². The maximum atomic E-state index is 3.65. The van der Waals surface area contributed by atoms with Crippen molar-refractivity contribution >= 4 is 28.2 Å². The summed E-state index contributed by atoms with van der Waals surface area (Å²) in [6.45, 7) is 0. The zero-order valence-electron chi connectivity index (χ0n) is 13.9. The Kier molecular flexibility index (Phi) is 4.30. The summed E-state index contributed by atoms with van der Waals surface area (Å²) in [6.07, 6.45) is 2.19. The first kappa shape index (κ1) is 15.2. The van der Waals surface area contributed by atoms with E-state index in [1.54, 1.807) is 0 Å². The van der Waals surface area contributed by atoms with Crippen molar-refractivity contribution in [2.75, 3.05) is 5.32 Å². The molecule has 0 aliphatic carbocycles. The lowest BCUT2D eigenvalue weighted by Crippen LogP contribution is -1.99. The number of fused-ring (bicyclic) bond motifs is 1. The van der Waals surface area contributed by atoms with Gasteiger partial charge in [-0.2, -0.15) is 0 Å². The first-order valence-corrected chi connectivity index (χ1v) is 8.47. The van der Waals surface area contributed by atoms with E-state index in [1.807, 2.05) is 12.1 Å². The topological polar surface area (TPSA) is 12.0 Å². The van der Waals surface area contributed by atoms with Crippen LogP contribution in [0, 0.1) is 0 Å². The van der Waals surface area contributed by atoms with Crippen molar-refractivity contribution in [2.45, 2.75) is 0 Å². The number of benzene rings is 4. The van der Waals surface area contributed by atoms with Crippen molar-refractivity contribution < 1.29 is 0 Å². The Balaban J connectivity index is 1.80. The summed E-state index contributed by atoms with van der Waals surface area (Å²) in [5, 5.41) is 6.11. The molecule has 0 fully saturated rings. The molecule has 0 unspecified atom stereocenters. The highest BCUT2D eigenvalue weighted by atomic mass is 14.9. The Hall–Kier alpha value is -3.32. The predicted octanol–water partition coefficient (Wildman–Crippen LogP) is 6.45. The van der Waals surface area contributed by atoms with Crippen LogP contribution in [0.25, 0.3) is 22.5 Å². The van der Waals surface area contributed by atoms with Crippen LogP contribution >= 0.6 is 0 Å². The Bertz CT molecular complexity index is 996. The van der Waals surface area contributed by atoms with E-state index in [1.165, 1.54) is 21.9 Å². The normalized spacial score (nSPS) is 11.4. The van der Waals surface area contributed by atoms with Crippen molar-refractivity contribution in [1.29, 1.82) is 0 Å². The monoisotopic (exact) mass is 321 g/mol. The first-order valence-electron chi connectivity index (χ1n) is 8.47. The van der Waals surface area contributed by atoms with Gasteiger partial charge in [0.25, 0.3) is 0 Å². The molecule has 1 N–H and O–H groups in total. The Morgan fingerprint density at radius 3 is 2.04 bits per heavy atom. The van der Waals surface area contributed by atoms with Gasteiger partial charge in [-0.3, -0.25) is 0 Å². The van der Waals surface area contributed by atoms with E-state index in [9.17, 15) is 0 Å². The molecule has 0 atom stereocenters. The molecule has 120 valence electrons. The molecule has 0 aliphatic heterocycles. The minimum atomic E-state index is 1.09. The van der Waals surface area contributed by atoms with Crippen LogP contribution in [0.2, 0.25) is 0 Å². The van der Waals surface area contributed by atoms with Crippen LogP contribution in [0.1, 0.15) is 11.1 Å². The summed E-state index contributed by atoms with van der Waals surface area (Å²) in [5.41, 5.74) is 4.54. The largest absolute Gasteiger partial charge is 0.355 e. The van der Waals surface area contributed by atoms with Crippen molar-refractivity contribution in [3.63, 3.8) is 0 Å². The fourth-order valence-electron chi connectivity index (χ4n) is 3.00. The van der Waals surface area contributed by atoms with Gasteiger partial charge in [0.1, 0.15) is 0 Å². The van der Waals surface area contributed by atoms with Gasteiger partial charge in [0, 0.05) is 16.8 Å². The third kappa shape index (κ3) is 3.46. The molecule has 0 amide bonds. The zero-order valence-corrected chi connectivity index (χ0v) is 13.9. The molecule has 4 rings (SSSR count). The Morgan fingerprint density at radius 1 is 0.600 bits per heavy atom. The van der Waals surface area contributed by atoms with Gasteiger partial charge in [-0.15, -0.1) is 0 Å². The fourth-order valence-corrected chi connectivity index (χ4v) is 3.00. The molecular formula is C24H19N. The van der Waals surface area contributed by atoms with Crippen LogP contribution in [-0.4, -0.2) is 0 Å². The first-order chi connectivity index (χ1) is 12.4. The van der Waals surface area contributed by atoms with Gasteiger partial charge in [-0.1, -0.05) is 97.1 Å². The smallest absolute Gasteiger partial charge is 0.0464 e. The van der Waals surface area contributed by atoms with Gasteiger partial charge in [0.2, 0.25) is 0 Å². The zero-order chi connectivity index (χ0) is 16.9. The highest BCUT2D eigenvalue weighted by Crippen LogP contribution is 2.27. The van der Waals surface area contributed by atoms with Crippen LogP contribution in [0.15, 0.2) is 103 Å². The van der Waals surface area contributed by atoms with Crippen molar-refractivity contribution in [1.82, 2.24) is 0 Å². The number of hydrogen-bond donors (Lipinski definition) is 1. The lowest BCUT2D eigenvalue weighted by atomic mass is 10.1. The molecule has 0 saturated carbocycles. The molecule has 0 aliphatic rings. The molecule has 4 aromatic carbocycles. The van der Waals surface area contributed by atoms with E-state index in [2.05, 4.69) is 102 Å². The fraction of sp³-hybridized carbons (Fsp3) is 0. The van der Waals surface area contributed by atoms with Gasteiger partial charge in [0.15, 0.2) is 0 Å². The predicted molar refractivity (Wildman–Crippen MR) is 108 cm³/mol. The number of hydrogen-bond acceptors (Lipinski definition) is 1. The molecule has 0 saturated heterocycles. The molecule has 0 heterocycles. The molecule has 0 bridgehead atoms. The maximum Gasteiger partial charge on any atom is 0.0464 e. The highest BCUT2D eigenvalue weighted by Gasteiger charge is 2.05. The van der Waals surface area contributed by atoms with Gasteiger partial charge < -0.3 is 5.32 Å². The lowest BCUT2D eigenvalue weighted by Gasteiger charge is -2.14. The van der Waals surface area contributed by atoms with Gasteiger partial charge in [0.05, 0.1) is 0 Å². The minimum absolute atomic E-state index is 1.09. The summed E-state index contributed by atoms with van der Waals surface area (Å²) in [5.74, 6) is 0. The van der Waals surface area contributed by atoms with E-state index in [0.29, 0.717) is 0 Å². The third-order valence-electron chi connectivity index (χ3n) is 4.25. The second-order valence-electron chi connectivity index (χ2n) is 5.99. The van der Waals surface area contributed by atoms with E-state index >= 15 is 0 Å². The SMILES string of the molecule is C(=C(Nc1cccc2ccccc12)c1ccccc1)c1ccccc1. The average Bonchev–Trinajstić information content (AvgIpc) is 2.69. The lowest BCUT2D eigenvalue weighted by molar-refractivity contribution is 1.55. The summed E-state index contributed by atoms with van der Waals surface area (Å²) in [6, 6.07) is 35.7. The molecule has 1 nitrogen and oxygen atoms in total. The van der Waals surface area contributed by atoms with Crippen molar-refractivity contribution in [3.8, 4) is 0 Å². The average molecular weight is 321 g/mol. The van der Waals surface area contributed by atoms with Gasteiger partial charge >= 0.3 is 0 Å². The highest BCUT2D eigenvalue weighted by molar-refractivity contribution is 5.99. The second-order valence-corrected chi connectivity index (χ2v) is 5.99.